The number of ether oxygens (including phenoxy) is 2. The predicted molar refractivity (Wildman–Crippen MR) is 125 cm³/mol. The zero-order valence-corrected chi connectivity index (χ0v) is 18.4. The first-order valence-corrected chi connectivity index (χ1v) is 10.7. The third-order valence-electron chi connectivity index (χ3n) is 4.61. The molecule has 9 heteroatoms. The molecule has 0 spiro atoms. The van der Waals surface area contributed by atoms with Crippen LogP contribution < -0.4 is 15.6 Å². The van der Waals surface area contributed by atoms with Crippen LogP contribution in [-0.4, -0.2) is 28.5 Å². The molecule has 4 aromatic rings. The average molecular weight is 461 g/mol. The van der Waals surface area contributed by atoms with Crippen molar-refractivity contribution in [2.75, 3.05) is 12.4 Å². The van der Waals surface area contributed by atoms with E-state index < -0.39 is 17.4 Å². The number of thiophene rings is 1. The van der Waals surface area contributed by atoms with Gasteiger partial charge >= 0.3 is 5.97 Å². The summed E-state index contributed by atoms with van der Waals surface area (Å²) in [5, 5.41) is 3.12. The quantitative estimate of drug-likeness (QED) is 0.414. The van der Waals surface area contributed by atoms with Gasteiger partial charge in [-0.3, -0.25) is 19.0 Å². The number of nitrogens with one attached hydrogen (secondary N) is 1. The summed E-state index contributed by atoms with van der Waals surface area (Å²) >= 11 is 1.14. The van der Waals surface area contributed by atoms with Crippen LogP contribution >= 0.6 is 11.3 Å². The largest absolute Gasteiger partial charge is 0.468 e. The number of aromatic nitrogens is 2. The van der Waals surface area contributed by atoms with Gasteiger partial charge in [-0.05, 0) is 24.3 Å². The van der Waals surface area contributed by atoms with Gasteiger partial charge in [0.05, 0.1) is 18.2 Å². The van der Waals surface area contributed by atoms with Crippen LogP contribution in [0.2, 0.25) is 0 Å². The van der Waals surface area contributed by atoms with E-state index in [0.717, 1.165) is 11.3 Å². The van der Waals surface area contributed by atoms with Crippen molar-refractivity contribution in [3.8, 4) is 22.2 Å². The average Bonchev–Trinajstić information content (AvgIpc) is 3.31. The van der Waals surface area contributed by atoms with Gasteiger partial charge in [-0.2, -0.15) is 0 Å². The smallest absolute Gasteiger partial charge is 0.325 e. The molecule has 33 heavy (non-hydrogen) atoms. The number of hydrogen-bond donors (Lipinski definition) is 1. The number of carbonyl (C=O) groups is 2. The maximum Gasteiger partial charge on any atom is 0.325 e. The number of rotatable bonds is 7. The first-order valence-electron chi connectivity index (χ1n) is 9.91. The minimum Gasteiger partial charge on any atom is -0.468 e. The van der Waals surface area contributed by atoms with Crippen LogP contribution in [0.15, 0.2) is 83.8 Å². The summed E-state index contributed by atoms with van der Waals surface area (Å²) in [6, 6.07) is 21.5. The highest BCUT2D eigenvalue weighted by atomic mass is 32.1. The fourth-order valence-electron chi connectivity index (χ4n) is 3.02. The molecule has 1 amide bonds. The summed E-state index contributed by atoms with van der Waals surface area (Å²) in [4.78, 5) is 42.5. The van der Waals surface area contributed by atoms with E-state index in [4.69, 9.17) is 9.47 Å². The lowest BCUT2D eigenvalue weighted by molar-refractivity contribution is -0.141. The standard InChI is InChI=1S/C24H19N3O5S/c1-31-20(28)15-27-22(16-8-4-2-5-9-16)25-14-18(24(27)30)26-23(29)19-12-13-21(33-19)32-17-10-6-3-7-11-17/h2-14H,15H2,1H3,(H,26,29). The number of esters is 1. The van der Waals surface area contributed by atoms with Gasteiger partial charge in [-0.25, -0.2) is 4.98 Å². The molecular weight excluding hydrogens is 442 g/mol. The molecule has 0 aliphatic rings. The highest BCUT2D eigenvalue weighted by Gasteiger charge is 2.18. The number of methoxy groups -OCH3 is 1. The third kappa shape index (κ3) is 5.16. The van der Waals surface area contributed by atoms with Gasteiger partial charge in [0.1, 0.15) is 23.8 Å². The van der Waals surface area contributed by atoms with Crippen molar-refractivity contribution >= 4 is 28.9 Å². The molecule has 0 bridgehead atoms. The van der Waals surface area contributed by atoms with E-state index in [1.807, 2.05) is 36.4 Å². The number of hydrogen-bond acceptors (Lipinski definition) is 7. The lowest BCUT2D eigenvalue weighted by Crippen LogP contribution is -2.30. The van der Waals surface area contributed by atoms with Crippen molar-refractivity contribution in [3.05, 3.63) is 94.2 Å². The Balaban J connectivity index is 1.59. The molecule has 0 aliphatic heterocycles. The Labute approximate surface area is 193 Å². The summed E-state index contributed by atoms with van der Waals surface area (Å²) in [6.07, 6.45) is 1.28. The van der Waals surface area contributed by atoms with Crippen LogP contribution in [0, 0.1) is 0 Å². The lowest BCUT2D eigenvalue weighted by atomic mass is 10.2. The van der Waals surface area contributed by atoms with Gasteiger partial charge in [0.15, 0.2) is 5.06 Å². The summed E-state index contributed by atoms with van der Waals surface area (Å²) in [6.45, 7) is -0.343. The molecule has 2 heterocycles. The van der Waals surface area contributed by atoms with E-state index in [1.165, 1.54) is 17.9 Å². The fraction of sp³-hybridized carbons (Fsp3) is 0.0833. The van der Waals surface area contributed by atoms with Gasteiger partial charge in [0.25, 0.3) is 11.5 Å². The minimum absolute atomic E-state index is 0.0532. The molecule has 1 N–H and O–H groups in total. The van der Waals surface area contributed by atoms with Crippen LogP contribution in [0.5, 0.6) is 10.8 Å². The van der Waals surface area contributed by atoms with E-state index in [2.05, 4.69) is 10.3 Å². The first-order chi connectivity index (χ1) is 16.0. The molecule has 0 saturated heterocycles. The van der Waals surface area contributed by atoms with Crippen molar-refractivity contribution in [3.63, 3.8) is 0 Å². The van der Waals surface area contributed by atoms with E-state index in [9.17, 15) is 14.4 Å². The molecular formula is C24H19N3O5S. The lowest BCUT2D eigenvalue weighted by Gasteiger charge is -2.13. The number of para-hydroxylation sites is 1. The Morgan fingerprint density at radius 3 is 2.39 bits per heavy atom. The minimum atomic E-state index is -0.611. The number of benzene rings is 2. The van der Waals surface area contributed by atoms with E-state index in [0.29, 0.717) is 27.1 Å². The van der Waals surface area contributed by atoms with Gasteiger partial charge in [-0.1, -0.05) is 59.9 Å². The van der Waals surface area contributed by atoms with Gasteiger partial charge in [0, 0.05) is 5.56 Å². The zero-order valence-electron chi connectivity index (χ0n) is 17.6. The summed E-state index contributed by atoms with van der Waals surface area (Å²) in [5.41, 5.74) is 0.0276. The second kappa shape index (κ2) is 9.92. The van der Waals surface area contributed by atoms with Crippen molar-refractivity contribution < 1.29 is 19.1 Å². The fourth-order valence-corrected chi connectivity index (χ4v) is 3.79. The molecule has 0 saturated carbocycles. The normalized spacial score (nSPS) is 10.5. The Bertz CT molecular complexity index is 1330. The number of anilines is 1. The van der Waals surface area contributed by atoms with Crippen LogP contribution in [0.4, 0.5) is 5.69 Å². The van der Waals surface area contributed by atoms with Crippen LogP contribution in [0.3, 0.4) is 0 Å². The molecule has 0 atom stereocenters. The summed E-state index contributed by atoms with van der Waals surface area (Å²) in [5.74, 6) is -0.157. The Morgan fingerprint density at radius 2 is 1.70 bits per heavy atom. The molecule has 2 aromatic carbocycles. The first kappa shape index (κ1) is 22.0. The maximum absolute atomic E-state index is 13.1. The second-order valence-corrected chi connectivity index (χ2v) is 7.86. The Kier molecular flexibility index (Phi) is 6.61. The number of carbonyl (C=O) groups excluding carboxylic acids is 2. The van der Waals surface area contributed by atoms with Gasteiger partial charge in [-0.15, -0.1) is 0 Å². The second-order valence-electron chi connectivity index (χ2n) is 6.82. The highest BCUT2D eigenvalue weighted by Crippen LogP contribution is 2.29. The van der Waals surface area contributed by atoms with Crippen molar-refractivity contribution in [1.82, 2.24) is 9.55 Å². The predicted octanol–water partition coefficient (Wildman–Crippen LogP) is 4.19. The molecule has 0 unspecified atom stereocenters. The molecule has 0 radical (unpaired) electrons. The monoisotopic (exact) mass is 461 g/mol. The van der Waals surface area contributed by atoms with E-state index in [1.54, 1.807) is 36.4 Å². The maximum atomic E-state index is 13.1. The van der Waals surface area contributed by atoms with Gasteiger partial charge < -0.3 is 14.8 Å². The van der Waals surface area contributed by atoms with Crippen LogP contribution in [-0.2, 0) is 16.1 Å². The number of amides is 1. The molecule has 166 valence electrons. The topological polar surface area (TPSA) is 99.5 Å². The highest BCUT2D eigenvalue weighted by molar-refractivity contribution is 7.15. The summed E-state index contributed by atoms with van der Waals surface area (Å²) < 4.78 is 11.6. The number of nitrogens with zero attached hydrogens (tertiary/aromatic N) is 2. The van der Waals surface area contributed by atoms with Gasteiger partial charge in [0.2, 0.25) is 0 Å². The molecule has 8 nitrogen and oxygen atoms in total. The molecule has 4 rings (SSSR count). The molecule has 0 fully saturated rings. The van der Waals surface area contributed by atoms with Crippen LogP contribution in [0.1, 0.15) is 9.67 Å². The summed E-state index contributed by atoms with van der Waals surface area (Å²) in [7, 11) is 1.24. The Morgan fingerprint density at radius 1 is 1.00 bits per heavy atom. The van der Waals surface area contributed by atoms with Crippen molar-refractivity contribution in [2.24, 2.45) is 0 Å². The SMILES string of the molecule is COC(=O)Cn1c(-c2ccccc2)ncc(NC(=O)c2ccc(Oc3ccccc3)s2)c1=O. The third-order valence-corrected chi connectivity index (χ3v) is 5.57. The van der Waals surface area contributed by atoms with Crippen molar-refractivity contribution in [1.29, 1.82) is 0 Å². The molecule has 2 aromatic heterocycles. The Hall–Kier alpha value is -4.24. The van der Waals surface area contributed by atoms with Crippen molar-refractivity contribution in [2.45, 2.75) is 6.54 Å². The molecule has 0 aliphatic carbocycles. The van der Waals surface area contributed by atoms with E-state index in [-0.39, 0.29) is 12.2 Å². The van der Waals surface area contributed by atoms with Crippen LogP contribution in [0.25, 0.3) is 11.4 Å². The zero-order chi connectivity index (χ0) is 23.2. The van der Waals surface area contributed by atoms with E-state index >= 15 is 0 Å².